The Kier molecular flexibility index (Phi) is 3.85. The Hall–Kier alpha value is -0.0500. The first-order valence-corrected chi connectivity index (χ1v) is 6.65. The summed E-state index contributed by atoms with van der Waals surface area (Å²) >= 11 is 2.48. The predicted octanol–water partition coefficient (Wildman–Crippen LogP) is 5.04. The molecule has 1 aromatic carbocycles. The molecule has 0 fully saturated rings. The molecule has 0 saturated carbocycles. The summed E-state index contributed by atoms with van der Waals surface area (Å²) in [5, 5.41) is 0. The fraction of sp³-hybridized carbons (Fsp3) is 0.571. The Bertz CT molecular complexity index is 314. The van der Waals surface area contributed by atoms with E-state index in [1.807, 2.05) is 0 Å². The van der Waals surface area contributed by atoms with E-state index in [4.69, 9.17) is 0 Å². The van der Waals surface area contributed by atoms with E-state index in [1.165, 1.54) is 17.5 Å². The van der Waals surface area contributed by atoms with Crippen molar-refractivity contribution < 1.29 is 0 Å². The van der Waals surface area contributed by atoms with Gasteiger partial charge in [-0.15, -0.1) is 0 Å². The van der Waals surface area contributed by atoms with Crippen molar-refractivity contribution in [3.63, 3.8) is 0 Å². The van der Waals surface area contributed by atoms with Gasteiger partial charge in [0.05, 0.1) is 0 Å². The molecule has 0 amide bonds. The van der Waals surface area contributed by atoms with Crippen molar-refractivity contribution in [1.29, 1.82) is 0 Å². The maximum atomic E-state index is 2.48. The lowest BCUT2D eigenvalue weighted by molar-refractivity contribution is 0.506. The zero-order valence-electron chi connectivity index (χ0n) is 10.4. The molecule has 0 aliphatic rings. The predicted molar refractivity (Wildman–Crippen MR) is 76.8 cm³/mol. The lowest BCUT2D eigenvalue weighted by Crippen LogP contribution is -2.16. The van der Waals surface area contributed by atoms with Crippen LogP contribution in [0, 0.1) is 0 Å². The lowest BCUT2D eigenvalue weighted by atomic mass is 9.81. The molecule has 0 heterocycles. The van der Waals surface area contributed by atoms with Crippen LogP contribution in [-0.4, -0.2) is 0 Å². The van der Waals surface area contributed by atoms with E-state index in [0.29, 0.717) is 5.41 Å². The van der Waals surface area contributed by atoms with Crippen LogP contribution in [0.4, 0.5) is 0 Å². The highest BCUT2D eigenvalue weighted by Crippen LogP contribution is 2.33. The third-order valence-electron chi connectivity index (χ3n) is 3.24. The van der Waals surface area contributed by atoms with Gasteiger partial charge < -0.3 is 0 Å². The van der Waals surface area contributed by atoms with Crippen molar-refractivity contribution >= 4 is 22.6 Å². The van der Waals surface area contributed by atoms with E-state index >= 15 is 0 Å². The van der Waals surface area contributed by atoms with Gasteiger partial charge >= 0.3 is 0 Å². The molecule has 0 nitrogen and oxygen atoms in total. The first-order valence-electron chi connectivity index (χ1n) is 5.57. The molecule has 1 aromatic rings. The third kappa shape index (κ3) is 3.20. The zero-order valence-corrected chi connectivity index (χ0v) is 12.6. The number of halogens is 1. The molecule has 0 atom stereocenters. The third-order valence-corrected chi connectivity index (χ3v) is 3.86. The topological polar surface area (TPSA) is 0 Å². The second kappa shape index (κ2) is 4.44. The molecule has 0 spiro atoms. The van der Waals surface area contributed by atoms with E-state index < -0.39 is 0 Å². The Balaban J connectivity index is 3.01. The van der Waals surface area contributed by atoms with Crippen LogP contribution in [0.5, 0.6) is 0 Å². The first-order chi connectivity index (χ1) is 6.77. The molecular weight excluding hydrogens is 295 g/mol. The van der Waals surface area contributed by atoms with Crippen molar-refractivity contribution in [2.24, 2.45) is 0 Å². The molecule has 0 N–H and O–H groups in total. The Morgan fingerprint density at radius 3 is 1.67 bits per heavy atom. The normalized spacial score (nSPS) is 12.9. The molecule has 0 saturated heterocycles. The second-order valence-electron chi connectivity index (χ2n) is 5.29. The number of alkyl halides is 1. The van der Waals surface area contributed by atoms with Crippen molar-refractivity contribution in [3.05, 3.63) is 35.4 Å². The molecule has 84 valence electrons. The van der Waals surface area contributed by atoms with Gasteiger partial charge in [-0.1, -0.05) is 67.6 Å². The summed E-state index contributed by atoms with van der Waals surface area (Å²) in [7, 11) is 0. The molecule has 15 heavy (non-hydrogen) atoms. The quantitative estimate of drug-likeness (QED) is 0.541. The average molecular weight is 316 g/mol. The summed E-state index contributed by atoms with van der Waals surface area (Å²) in [5.41, 5.74) is 3.14. The monoisotopic (exact) mass is 316 g/mol. The van der Waals surface area contributed by atoms with Gasteiger partial charge in [0.15, 0.2) is 0 Å². The van der Waals surface area contributed by atoms with E-state index in [-0.39, 0.29) is 3.42 Å². The second-order valence-corrected chi connectivity index (χ2v) is 7.98. The Morgan fingerprint density at radius 1 is 0.933 bits per heavy atom. The highest BCUT2D eigenvalue weighted by Gasteiger charge is 2.20. The molecule has 0 unspecified atom stereocenters. The number of hydrogen-bond acceptors (Lipinski definition) is 0. The molecule has 0 aliphatic carbocycles. The van der Waals surface area contributed by atoms with Gasteiger partial charge in [0.1, 0.15) is 0 Å². The van der Waals surface area contributed by atoms with Gasteiger partial charge in [-0.3, -0.25) is 0 Å². The number of benzene rings is 1. The molecule has 0 aliphatic heterocycles. The van der Waals surface area contributed by atoms with E-state index in [9.17, 15) is 0 Å². The summed E-state index contributed by atoms with van der Waals surface area (Å²) in [6.07, 6.45) is 1.18. The van der Waals surface area contributed by atoms with Crippen LogP contribution in [0.1, 0.15) is 52.2 Å². The van der Waals surface area contributed by atoms with Crippen molar-refractivity contribution in [1.82, 2.24) is 0 Å². The smallest absolute Gasteiger partial charge is 0.0414 e. The van der Waals surface area contributed by atoms with Crippen LogP contribution in [0.25, 0.3) is 0 Å². The lowest BCUT2D eigenvalue weighted by Gasteiger charge is -2.25. The van der Waals surface area contributed by atoms with Crippen LogP contribution in [0.15, 0.2) is 24.3 Å². The summed E-state index contributed by atoms with van der Waals surface area (Å²) in [4.78, 5) is 0. The van der Waals surface area contributed by atoms with E-state index in [0.717, 1.165) is 0 Å². The summed E-state index contributed by atoms with van der Waals surface area (Å²) in [5.74, 6) is 0. The van der Waals surface area contributed by atoms with Gasteiger partial charge in [0, 0.05) is 3.42 Å². The number of rotatable bonds is 3. The minimum Gasteiger partial charge on any atom is -0.0743 e. The van der Waals surface area contributed by atoms with E-state index in [1.54, 1.807) is 0 Å². The summed E-state index contributed by atoms with van der Waals surface area (Å²) in [6, 6.07) is 9.08. The van der Waals surface area contributed by atoms with E-state index in [2.05, 4.69) is 81.5 Å². The summed E-state index contributed by atoms with van der Waals surface area (Å²) < 4.78 is 0.229. The highest BCUT2D eigenvalue weighted by molar-refractivity contribution is 14.1. The summed E-state index contributed by atoms with van der Waals surface area (Å²) in [6.45, 7) is 11.3. The fourth-order valence-corrected chi connectivity index (χ4v) is 1.88. The highest BCUT2D eigenvalue weighted by atomic mass is 127. The van der Waals surface area contributed by atoms with Gasteiger partial charge in [-0.05, 0) is 36.8 Å². The first kappa shape index (κ1) is 13.0. The average Bonchev–Trinajstić information content (AvgIpc) is 2.17. The molecule has 1 heteroatoms. The number of hydrogen-bond donors (Lipinski definition) is 0. The molecular formula is C14H21I. The van der Waals surface area contributed by atoms with Crippen LogP contribution in [0.2, 0.25) is 0 Å². The van der Waals surface area contributed by atoms with Gasteiger partial charge in [0.25, 0.3) is 0 Å². The van der Waals surface area contributed by atoms with Crippen LogP contribution in [0.3, 0.4) is 0 Å². The minimum atomic E-state index is 0.229. The Morgan fingerprint density at radius 2 is 1.33 bits per heavy atom. The zero-order chi connectivity index (χ0) is 11.7. The molecule has 1 rings (SSSR count). The molecule has 0 radical (unpaired) electrons. The van der Waals surface area contributed by atoms with Crippen molar-refractivity contribution in [3.8, 4) is 0 Å². The van der Waals surface area contributed by atoms with Crippen LogP contribution >= 0.6 is 22.6 Å². The standard InChI is InChI=1S/C14H21I/c1-6-13(2,3)11-7-9-12(10-8-11)14(4,5)15/h7-10H,6H2,1-5H3. The van der Waals surface area contributed by atoms with Crippen molar-refractivity contribution in [2.45, 2.75) is 49.9 Å². The SMILES string of the molecule is CCC(C)(C)c1ccc(C(C)(C)I)cc1. The van der Waals surface area contributed by atoms with Crippen LogP contribution < -0.4 is 0 Å². The van der Waals surface area contributed by atoms with Gasteiger partial charge in [0.2, 0.25) is 0 Å². The maximum Gasteiger partial charge on any atom is 0.0414 e. The van der Waals surface area contributed by atoms with Gasteiger partial charge in [-0.2, -0.15) is 0 Å². The molecule has 0 aromatic heterocycles. The minimum absolute atomic E-state index is 0.229. The Labute approximate surface area is 108 Å². The van der Waals surface area contributed by atoms with Crippen molar-refractivity contribution in [2.75, 3.05) is 0 Å². The maximum absolute atomic E-state index is 2.48. The molecule has 0 bridgehead atoms. The fourth-order valence-electron chi connectivity index (χ4n) is 1.52. The van der Waals surface area contributed by atoms with Crippen LogP contribution in [-0.2, 0) is 8.84 Å². The largest absolute Gasteiger partial charge is 0.0743 e. The van der Waals surface area contributed by atoms with Gasteiger partial charge in [-0.25, -0.2) is 0 Å².